The van der Waals surface area contributed by atoms with Gasteiger partial charge in [0.05, 0.1) is 23.3 Å². The second-order valence-corrected chi connectivity index (χ2v) is 8.16. The second-order valence-electron chi connectivity index (χ2n) is 6.00. The Balaban J connectivity index is 1.66. The number of nitrogens with one attached hydrogen (secondary N) is 1. The minimum Gasteiger partial charge on any atom is -0.492 e. The van der Waals surface area contributed by atoms with Gasteiger partial charge >= 0.3 is 0 Å². The number of nitriles is 1. The van der Waals surface area contributed by atoms with Gasteiger partial charge in [-0.25, -0.2) is 8.42 Å². The van der Waals surface area contributed by atoms with Crippen molar-refractivity contribution in [3.05, 3.63) is 64.2 Å². The zero-order valence-electron chi connectivity index (χ0n) is 13.6. The van der Waals surface area contributed by atoms with Crippen LogP contribution in [0.15, 0.2) is 42.5 Å². The molecule has 1 N–H and O–H groups in total. The molecule has 6 nitrogen and oxygen atoms in total. The Kier molecular flexibility index (Phi) is 5.16. The molecule has 1 amide bonds. The molecule has 134 valence electrons. The van der Waals surface area contributed by atoms with Gasteiger partial charge in [0.15, 0.2) is 0 Å². The van der Waals surface area contributed by atoms with Crippen LogP contribution >= 0.6 is 11.6 Å². The molecular formula is C18H15ClN2O4S. The van der Waals surface area contributed by atoms with Crippen molar-refractivity contribution in [3.8, 4) is 11.8 Å². The fraction of sp³-hybridized carbons (Fsp3) is 0.222. The van der Waals surface area contributed by atoms with Crippen LogP contribution in [-0.4, -0.2) is 20.9 Å². The zero-order valence-corrected chi connectivity index (χ0v) is 15.2. The molecule has 0 saturated carbocycles. The van der Waals surface area contributed by atoms with Gasteiger partial charge in [-0.2, -0.15) is 5.26 Å². The highest BCUT2D eigenvalue weighted by Crippen LogP contribution is 2.29. The molecule has 2 aromatic carbocycles. The molecule has 1 aliphatic heterocycles. The van der Waals surface area contributed by atoms with E-state index in [1.165, 1.54) is 12.1 Å². The van der Waals surface area contributed by atoms with Crippen LogP contribution in [-0.2, 0) is 27.0 Å². The van der Waals surface area contributed by atoms with Crippen LogP contribution in [0.3, 0.4) is 0 Å². The maximum absolute atomic E-state index is 12.4. The van der Waals surface area contributed by atoms with E-state index in [0.717, 1.165) is 5.56 Å². The Hall–Kier alpha value is -2.56. The highest BCUT2D eigenvalue weighted by molar-refractivity contribution is 7.89. The molecule has 8 heteroatoms. The van der Waals surface area contributed by atoms with E-state index < -0.39 is 21.8 Å². The number of halogens is 1. The lowest BCUT2D eigenvalue weighted by molar-refractivity contribution is -0.124. The van der Waals surface area contributed by atoms with E-state index in [-0.39, 0.29) is 12.4 Å². The first-order valence-corrected chi connectivity index (χ1v) is 9.84. The van der Waals surface area contributed by atoms with Gasteiger partial charge < -0.3 is 4.74 Å². The Morgan fingerprint density at radius 3 is 2.69 bits per heavy atom. The normalized spacial score (nSPS) is 16.1. The summed E-state index contributed by atoms with van der Waals surface area (Å²) >= 11 is 5.95. The number of hydrogen-bond donors (Lipinski definition) is 1. The Morgan fingerprint density at radius 2 is 2.00 bits per heavy atom. The fourth-order valence-electron chi connectivity index (χ4n) is 2.70. The van der Waals surface area contributed by atoms with Crippen LogP contribution in [0.5, 0.6) is 5.75 Å². The van der Waals surface area contributed by atoms with Crippen molar-refractivity contribution < 1.29 is 17.9 Å². The molecule has 1 heterocycles. The van der Waals surface area contributed by atoms with Crippen LogP contribution in [0, 0.1) is 17.2 Å². The third kappa shape index (κ3) is 4.34. The molecule has 26 heavy (non-hydrogen) atoms. The molecule has 3 rings (SSSR count). The zero-order chi connectivity index (χ0) is 18.7. The van der Waals surface area contributed by atoms with Gasteiger partial charge in [0.25, 0.3) is 0 Å². The number of fused-ring (bicyclic) bond motifs is 1. The van der Waals surface area contributed by atoms with Gasteiger partial charge in [0.2, 0.25) is 15.9 Å². The monoisotopic (exact) mass is 390 g/mol. The lowest BCUT2D eigenvalue weighted by Gasteiger charge is -2.24. The van der Waals surface area contributed by atoms with Gasteiger partial charge in [-0.15, -0.1) is 0 Å². The van der Waals surface area contributed by atoms with E-state index in [9.17, 15) is 13.2 Å². The van der Waals surface area contributed by atoms with Gasteiger partial charge in [-0.1, -0.05) is 23.7 Å². The minimum atomic E-state index is -3.85. The predicted molar refractivity (Wildman–Crippen MR) is 96.1 cm³/mol. The summed E-state index contributed by atoms with van der Waals surface area (Å²) in [6, 6.07) is 13.3. The molecule has 1 aliphatic rings. The smallest absolute Gasteiger partial charge is 0.240 e. The highest BCUT2D eigenvalue weighted by atomic mass is 35.5. The molecule has 0 saturated heterocycles. The van der Waals surface area contributed by atoms with Crippen LogP contribution in [0.4, 0.5) is 0 Å². The number of rotatable bonds is 4. The van der Waals surface area contributed by atoms with Crippen LogP contribution in [0.25, 0.3) is 0 Å². The van der Waals surface area contributed by atoms with E-state index >= 15 is 0 Å². The Morgan fingerprint density at radius 1 is 1.27 bits per heavy atom. The van der Waals surface area contributed by atoms with Crippen LogP contribution in [0.2, 0.25) is 5.02 Å². The molecule has 0 spiro atoms. The summed E-state index contributed by atoms with van der Waals surface area (Å²) in [6.45, 7) is 0.104. The van der Waals surface area contributed by atoms with Crippen molar-refractivity contribution in [2.24, 2.45) is 5.92 Å². The average molecular weight is 391 g/mol. The first kappa shape index (κ1) is 18.2. The molecule has 0 aliphatic carbocycles. The maximum Gasteiger partial charge on any atom is 0.240 e. The Bertz CT molecular complexity index is 981. The summed E-state index contributed by atoms with van der Waals surface area (Å²) in [4.78, 5) is 12.4. The topological polar surface area (TPSA) is 96.3 Å². The summed E-state index contributed by atoms with van der Waals surface area (Å²) in [5.41, 5.74) is 1.70. The second kappa shape index (κ2) is 7.36. The van der Waals surface area contributed by atoms with Crippen molar-refractivity contribution in [2.75, 3.05) is 6.61 Å². The third-order valence-electron chi connectivity index (χ3n) is 4.00. The summed E-state index contributed by atoms with van der Waals surface area (Å²) in [7, 11) is -3.85. The minimum absolute atomic E-state index is 0.104. The molecule has 0 fully saturated rings. The molecule has 1 unspecified atom stereocenters. The lowest BCUT2D eigenvalue weighted by Crippen LogP contribution is -2.40. The number of carbonyl (C=O) groups is 1. The van der Waals surface area contributed by atoms with Crippen LogP contribution < -0.4 is 9.46 Å². The first-order valence-electron chi connectivity index (χ1n) is 7.81. The predicted octanol–water partition coefficient (Wildman–Crippen LogP) is 2.41. The first-order chi connectivity index (χ1) is 12.4. The van der Waals surface area contributed by atoms with E-state index in [1.807, 2.05) is 6.07 Å². The molecule has 0 radical (unpaired) electrons. The van der Waals surface area contributed by atoms with Crippen LogP contribution in [0.1, 0.15) is 16.7 Å². The highest BCUT2D eigenvalue weighted by Gasteiger charge is 2.29. The summed E-state index contributed by atoms with van der Waals surface area (Å²) in [6.07, 6.45) is 0.355. The van der Waals surface area contributed by atoms with Gasteiger partial charge in [0, 0.05) is 5.02 Å². The van der Waals surface area contributed by atoms with E-state index in [0.29, 0.717) is 28.3 Å². The number of ether oxygens (including phenoxy) is 1. The van der Waals surface area contributed by atoms with Crippen molar-refractivity contribution >= 4 is 27.5 Å². The molecule has 0 aromatic heterocycles. The Labute approximate surface area is 156 Å². The van der Waals surface area contributed by atoms with Gasteiger partial charge in [-0.3, -0.25) is 9.52 Å². The third-order valence-corrected chi connectivity index (χ3v) is 5.46. The number of sulfonamides is 1. The van der Waals surface area contributed by atoms with Crippen molar-refractivity contribution in [1.29, 1.82) is 5.26 Å². The number of amides is 1. The molecule has 1 atom stereocenters. The summed E-state index contributed by atoms with van der Waals surface area (Å²) in [5.74, 6) is -0.916. The van der Waals surface area contributed by atoms with E-state index in [2.05, 4.69) is 4.72 Å². The number of nitrogens with zero attached hydrogens (tertiary/aromatic N) is 1. The largest absolute Gasteiger partial charge is 0.492 e. The summed E-state index contributed by atoms with van der Waals surface area (Å²) < 4.78 is 32.1. The standard InChI is InChI=1S/C18H15ClN2O4S/c19-16-5-6-17-14(8-16)7-15(10-25-17)18(22)21-26(23,24)11-13-3-1-12(9-20)2-4-13/h1-6,8,15H,7,10-11H2,(H,21,22). The molecule has 0 bridgehead atoms. The fourth-order valence-corrected chi connectivity index (χ4v) is 4.07. The van der Waals surface area contributed by atoms with Gasteiger partial charge in [0.1, 0.15) is 12.4 Å². The SMILES string of the molecule is N#Cc1ccc(CS(=O)(=O)NC(=O)C2COc3ccc(Cl)cc3C2)cc1. The van der Waals surface area contributed by atoms with E-state index in [1.54, 1.807) is 30.3 Å². The van der Waals surface area contributed by atoms with Crippen molar-refractivity contribution in [1.82, 2.24) is 4.72 Å². The van der Waals surface area contributed by atoms with Gasteiger partial charge in [-0.05, 0) is 47.9 Å². The summed E-state index contributed by atoms with van der Waals surface area (Å²) in [5, 5.41) is 9.30. The van der Waals surface area contributed by atoms with E-state index in [4.69, 9.17) is 21.6 Å². The quantitative estimate of drug-likeness (QED) is 0.864. The number of hydrogen-bond acceptors (Lipinski definition) is 5. The number of benzene rings is 2. The maximum atomic E-state index is 12.4. The molecular weight excluding hydrogens is 376 g/mol. The number of carbonyl (C=O) groups excluding carboxylic acids is 1. The van der Waals surface area contributed by atoms with Crippen molar-refractivity contribution in [3.63, 3.8) is 0 Å². The molecule has 2 aromatic rings. The lowest BCUT2D eigenvalue weighted by atomic mass is 9.96. The average Bonchev–Trinajstić information content (AvgIpc) is 2.61. The van der Waals surface area contributed by atoms with Crippen molar-refractivity contribution in [2.45, 2.75) is 12.2 Å².